The Morgan fingerprint density at radius 1 is 1.36 bits per heavy atom. The maximum absolute atomic E-state index is 12.3. The number of nitrogens with zero attached hydrogens (tertiary/aromatic N) is 1. The van der Waals surface area contributed by atoms with Crippen LogP contribution in [0.4, 0.5) is 4.79 Å². The van der Waals surface area contributed by atoms with E-state index in [4.69, 9.17) is 9.47 Å². The molecule has 2 fully saturated rings. The standard InChI is InChI=1S/C18H25NO3/c1-12-7-5-8-13(11-12)15-16(21-15)14-9-6-10-19(14)17(20)22-18(2,3)4/h5,7-8,11,14-16H,6,9-10H2,1-4H3/t14-,15-,16?/m1/s1. The van der Waals surface area contributed by atoms with Crippen LogP contribution in [0.3, 0.4) is 0 Å². The largest absolute Gasteiger partial charge is 0.444 e. The summed E-state index contributed by atoms with van der Waals surface area (Å²) in [7, 11) is 0. The van der Waals surface area contributed by atoms with Crippen LogP contribution in [0, 0.1) is 6.92 Å². The molecule has 2 aliphatic heterocycles. The molecule has 1 amide bonds. The minimum atomic E-state index is -0.454. The number of carbonyl (C=O) groups is 1. The maximum atomic E-state index is 12.3. The normalized spacial score (nSPS) is 27.8. The first-order valence-electron chi connectivity index (χ1n) is 8.07. The first kappa shape index (κ1) is 15.3. The predicted octanol–water partition coefficient (Wildman–Crippen LogP) is 3.83. The van der Waals surface area contributed by atoms with E-state index in [9.17, 15) is 4.79 Å². The number of epoxide rings is 1. The SMILES string of the molecule is Cc1cccc([C@H]2OC2[C@H]2CCCN2C(=O)OC(C)(C)C)c1. The van der Waals surface area contributed by atoms with Crippen LogP contribution in [-0.4, -0.2) is 35.3 Å². The Labute approximate surface area is 132 Å². The van der Waals surface area contributed by atoms with Crippen molar-refractivity contribution in [1.82, 2.24) is 4.90 Å². The molecule has 0 radical (unpaired) electrons. The highest BCUT2D eigenvalue weighted by Gasteiger charge is 2.51. The first-order chi connectivity index (χ1) is 10.3. The third-order valence-electron chi connectivity index (χ3n) is 4.20. The number of benzene rings is 1. The summed E-state index contributed by atoms with van der Waals surface area (Å²) in [6.07, 6.45) is 2.02. The van der Waals surface area contributed by atoms with Gasteiger partial charge >= 0.3 is 6.09 Å². The van der Waals surface area contributed by atoms with Crippen LogP contribution in [0.1, 0.15) is 50.8 Å². The monoisotopic (exact) mass is 303 g/mol. The number of carbonyl (C=O) groups excluding carboxylic acids is 1. The third-order valence-corrected chi connectivity index (χ3v) is 4.20. The van der Waals surface area contributed by atoms with Gasteiger partial charge in [-0.2, -0.15) is 0 Å². The fraction of sp³-hybridized carbons (Fsp3) is 0.611. The smallest absolute Gasteiger partial charge is 0.410 e. The summed E-state index contributed by atoms with van der Waals surface area (Å²) in [6, 6.07) is 8.55. The van der Waals surface area contributed by atoms with E-state index in [1.54, 1.807) is 0 Å². The zero-order chi connectivity index (χ0) is 15.9. The second-order valence-corrected chi connectivity index (χ2v) is 7.32. The molecule has 4 nitrogen and oxygen atoms in total. The highest BCUT2D eigenvalue weighted by Crippen LogP contribution is 2.45. The minimum absolute atomic E-state index is 0.108. The second-order valence-electron chi connectivity index (χ2n) is 7.32. The average Bonchev–Trinajstić information content (AvgIpc) is 3.05. The van der Waals surface area contributed by atoms with Gasteiger partial charge in [0.15, 0.2) is 0 Å². The van der Waals surface area contributed by atoms with Crippen LogP contribution in [0.2, 0.25) is 0 Å². The van der Waals surface area contributed by atoms with Gasteiger partial charge in [-0.1, -0.05) is 29.8 Å². The number of hydrogen-bond donors (Lipinski definition) is 0. The topological polar surface area (TPSA) is 42.1 Å². The second kappa shape index (κ2) is 5.58. The minimum Gasteiger partial charge on any atom is -0.444 e. The van der Waals surface area contributed by atoms with Crippen molar-refractivity contribution in [2.24, 2.45) is 0 Å². The van der Waals surface area contributed by atoms with Gasteiger partial charge in [0.05, 0.1) is 6.04 Å². The van der Waals surface area contributed by atoms with Gasteiger partial charge in [-0.05, 0) is 46.1 Å². The highest BCUT2D eigenvalue weighted by molar-refractivity contribution is 5.69. The van der Waals surface area contributed by atoms with Gasteiger partial charge in [-0.3, -0.25) is 0 Å². The summed E-state index contributed by atoms with van der Waals surface area (Å²) >= 11 is 0. The third kappa shape index (κ3) is 3.27. The van der Waals surface area contributed by atoms with Crippen molar-refractivity contribution in [3.8, 4) is 0 Å². The van der Waals surface area contributed by atoms with E-state index in [1.807, 2.05) is 25.7 Å². The molecule has 2 aliphatic rings. The molecule has 1 unspecified atom stereocenters. The molecular formula is C18H25NO3. The summed E-state index contributed by atoms with van der Waals surface area (Å²) in [5.41, 5.74) is 1.99. The van der Waals surface area contributed by atoms with E-state index in [2.05, 4.69) is 31.2 Å². The molecule has 2 heterocycles. The summed E-state index contributed by atoms with van der Waals surface area (Å²) in [6.45, 7) is 8.56. The Morgan fingerprint density at radius 2 is 2.14 bits per heavy atom. The van der Waals surface area contributed by atoms with Crippen LogP contribution in [-0.2, 0) is 9.47 Å². The maximum Gasteiger partial charge on any atom is 0.410 e. The molecule has 3 atom stereocenters. The van der Waals surface area contributed by atoms with Crippen molar-refractivity contribution in [3.05, 3.63) is 35.4 Å². The van der Waals surface area contributed by atoms with Crippen LogP contribution in [0.15, 0.2) is 24.3 Å². The van der Waals surface area contributed by atoms with Crippen molar-refractivity contribution in [1.29, 1.82) is 0 Å². The fourth-order valence-corrected chi connectivity index (χ4v) is 3.21. The van der Waals surface area contributed by atoms with Crippen molar-refractivity contribution < 1.29 is 14.3 Å². The summed E-state index contributed by atoms with van der Waals surface area (Å²) in [5.74, 6) is 0. The summed E-state index contributed by atoms with van der Waals surface area (Å²) in [5, 5.41) is 0. The van der Waals surface area contributed by atoms with Gasteiger partial charge in [-0.25, -0.2) is 4.79 Å². The van der Waals surface area contributed by atoms with Crippen LogP contribution in [0.25, 0.3) is 0 Å². The Morgan fingerprint density at radius 3 is 2.82 bits per heavy atom. The van der Waals surface area contributed by atoms with Gasteiger partial charge in [0.1, 0.15) is 17.8 Å². The first-order valence-corrected chi connectivity index (χ1v) is 8.07. The molecule has 0 aromatic heterocycles. The number of likely N-dealkylation sites (tertiary alicyclic amines) is 1. The van der Waals surface area contributed by atoms with Crippen molar-refractivity contribution in [2.75, 3.05) is 6.54 Å². The summed E-state index contributed by atoms with van der Waals surface area (Å²) < 4.78 is 11.4. The Bertz CT molecular complexity index is 564. The number of hydrogen-bond acceptors (Lipinski definition) is 3. The number of aryl methyl sites for hydroxylation is 1. The molecule has 1 aromatic rings. The Kier molecular flexibility index (Phi) is 3.89. The number of rotatable bonds is 2. The lowest BCUT2D eigenvalue weighted by Gasteiger charge is -2.28. The molecule has 1 aromatic carbocycles. The predicted molar refractivity (Wildman–Crippen MR) is 84.8 cm³/mol. The molecule has 0 bridgehead atoms. The van der Waals surface area contributed by atoms with Crippen molar-refractivity contribution >= 4 is 6.09 Å². The molecule has 0 saturated carbocycles. The fourth-order valence-electron chi connectivity index (χ4n) is 3.21. The molecule has 0 spiro atoms. The van der Waals surface area contributed by atoms with E-state index in [1.165, 1.54) is 11.1 Å². The highest BCUT2D eigenvalue weighted by atomic mass is 16.6. The lowest BCUT2D eigenvalue weighted by molar-refractivity contribution is 0.0204. The number of ether oxygens (including phenoxy) is 2. The quantitative estimate of drug-likeness (QED) is 0.780. The lowest BCUT2D eigenvalue weighted by Crippen LogP contribution is -2.42. The molecule has 120 valence electrons. The van der Waals surface area contributed by atoms with Crippen LogP contribution in [0.5, 0.6) is 0 Å². The van der Waals surface area contributed by atoms with E-state index in [-0.39, 0.29) is 24.3 Å². The van der Waals surface area contributed by atoms with E-state index >= 15 is 0 Å². The van der Waals surface area contributed by atoms with E-state index in [0.717, 1.165) is 19.4 Å². The number of amides is 1. The average molecular weight is 303 g/mol. The van der Waals surface area contributed by atoms with Crippen molar-refractivity contribution in [3.63, 3.8) is 0 Å². The zero-order valence-corrected chi connectivity index (χ0v) is 13.8. The lowest BCUT2D eigenvalue weighted by atomic mass is 10.0. The molecule has 0 aliphatic carbocycles. The molecule has 22 heavy (non-hydrogen) atoms. The van der Waals surface area contributed by atoms with Gasteiger partial charge < -0.3 is 14.4 Å². The Balaban J connectivity index is 1.66. The molecule has 0 N–H and O–H groups in total. The molecule has 3 rings (SSSR count). The Hall–Kier alpha value is -1.55. The van der Waals surface area contributed by atoms with Crippen LogP contribution < -0.4 is 0 Å². The van der Waals surface area contributed by atoms with Gasteiger partial charge in [0, 0.05) is 6.54 Å². The van der Waals surface area contributed by atoms with Gasteiger partial charge in [0.25, 0.3) is 0 Å². The van der Waals surface area contributed by atoms with Crippen LogP contribution >= 0.6 is 0 Å². The van der Waals surface area contributed by atoms with E-state index < -0.39 is 5.60 Å². The molecule has 4 heteroatoms. The van der Waals surface area contributed by atoms with E-state index in [0.29, 0.717) is 0 Å². The van der Waals surface area contributed by atoms with Gasteiger partial charge in [-0.15, -0.1) is 0 Å². The zero-order valence-electron chi connectivity index (χ0n) is 13.8. The van der Waals surface area contributed by atoms with Gasteiger partial charge in [0.2, 0.25) is 0 Å². The molecule has 2 saturated heterocycles. The van der Waals surface area contributed by atoms with Crippen molar-refractivity contribution in [2.45, 2.75) is 64.4 Å². The summed E-state index contributed by atoms with van der Waals surface area (Å²) in [4.78, 5) is 14.2. The molecular weight excluding hydrogens is 278 g/mol.